The largest absolute Gasteiger partial charge is 0.452 e. The summed E-state index contributed by atoms with van der Waals surface area (Å²) in [7, 11) is 0. The molecule has 2 heterocycles. The first kappa shape index (κ1) is 24.6. The van der Waals surface area contributed by atoms with Crippen molar-refractivity contribution in [3.63, 3.8) is 0 Å². The number of thioether (sulfide) groups is 1. The molecule has 0 saturated carbocycles. The standard InChI is InChI=1S/C25H36N2O4S/c1-17-9-7-10-18(2)26(17)23(28)15-31-25(30)21-13-5-6-14-22(21)32-16-24(29)27-19(3)11-8-12-20(27)4/h5-6,13-14,17-20H,7-12,15-16H2,1-4H3/t17-,18+,19-,20+. The Morgan fingerprint density at radius 3 is 1.91 bits per heavy atom. The zero-order chi connectivity index (χ0) is 23.3. The maximum Gasteiger partial charge on any atom is 0.339 e. The van der Waals surface area contributed by atoms with Crippen LogP contribution in [0.4, 0.5) is 0 Å². The van der Waals surface area contributed by atoms with Gasteiger partial charge in [-0.15, -0.1) is 11.8 Å². The van der Waals surface area contributed by atoms with E-state index in [1.165, 1.54) is 11.8 Å². The molecule has 3 rings (SSSR count). The minimum Gasteiger partial charge on any atom is -0.452 e. The fraction of sp³-hybridized carbons (Fsp3) is 0.640. The average Bonchev–Trinajstić information content (AvgIpc) is 2.76. The van der Waals surface area contributed by atoms with Gasteiger partial charge in [-0.05, 0) is 78.4 Å². The summed E-state index contributed by atoms with van der Waals surface area (Å²) in [5.74, 6) is -0.292. The lowest BCUT2D eigenvalue weighted by Crippen LogP contribution is -2.49. The Labute approximate surface area is 196 Å². The van der Waals surface area contributed by atoms with Gasteiger partial charge >= 0.3 is 5.97 Å². The van der Waals surface area contributed by atoms with E-state index >= 15 is 0 Å². The second kappa shape index (κ2) is 11.2. The van der Waals surface area contributed by atoms with Crippen molar-refractivity contribution in [1.82, 2.24) is 9.80 Å². The quantitative estimate of drug-likeness (QED) is 0.461. The Hall–Kier alpha value is -2.02. The Balaban J connectivity index is 1.59. The molecule has 1 aromatic rings. The molecule has 0 unspecified atom stereocenters. The molecule has 2 fully saturated rings. The number of nitrogens with zero attached hydrogens (tertiary/aromatic N) is 2. The summed E-state index contributed by atoms with van der Waals surface area (Å²) >= 11 is 1.36. The summed E-state index contributed by atoms with van der Waals surface area (Å²) in [6.45, 7) is 8.04. The van der Waals surface area contributed by atoms with Crippen LogP contribution in [0.25, 0.3) is 0 Å². The summed E-state index contributed by atoms with van der Waals surface area (Å²) in [6, 6.07) is 7.96. The van der Waals surface area contributed by atoms with Gasteiger partial charge in [0.1, 0.15) is 0 Å². The second-order valence-electron chi connectivity index (χ2n) is 9.22. The van der Waals surface area contributed by atoms with Gasteiger partial charge in [0.15, 0.2) is 6.61 Å². The van der Waals surface area contributed by atoms with Crippen LogP contribution in [0.2, 0.25) is 0 Å². The lowest BCUT2D eigenvalue weighted by Gasteiger charge is -2.39. The maximum atomic E-state index is 12.9. The second-order valence-corrected chi connectivity index (χ2v) is 10.2. The number of hydrogen-bond acceptors (Lipinski definition) is 5. The normalized spacial score (nSPS) is 26.0. The first-order chi connectivity index (χ1) is 15.3. The number of ether oxygens (including phenoxy) is 1. The van der Waals surface area contributed by atoms with E-state index < -0.39 is 5.97 Å². The molecular weight excluding hydrogens is 424 g/mol. The number of carbonyl (C=O) groups is 3. The number of amides is 2. The fourth-order valence-electron chi connectivity index (χ4n) is 5.08. The summed E-state index contributed by atoms with van der Waals surface area (Å²) in [5.41, 5.74) is 0.401. The van der Waals surface area contributed by atoms with Crippen molar-refractivity contribution in [2.24, 2.45) is 0 Å². The molecule has 2 saturated heterocycles. The van der Waals surface area contributed by atoms with Gasteiger partial charge in [0, 0.05) is 29.1 Å². The molecule has 1 aromatic carbocycles. The zero-order valence-corrected chi connectivity index (χ0v) is 20.5. The van der Waals surface area contributed by atoms with Gasteiger partial charge in [-0.3, -0.25) is 9.59 Å². The number of carbonyl (C=O) groups excluding carboxylic acids is 3. The molecule has 0 aliphatic carbocycles. The van der Waals surface area contributed by atoms with E-state index in [-0.39, 0.29) is 48.3 Å². The average molecular weight is 461 g/mol. The van der Waals surface area contributed by atoms with E-state index in [1.54, 1.807) is 12.1 Å². The highest BCUT2D eigenvalue weighted by atomic mass is 32.2. The van der Waals surface area contributed by atoms with Crippen molar-refractivity contribution >= 4 is 29.5 Å². The van der Waals surface area contributed by atoms with E-state index in [4.69, 9.17) is 4.74 Å². The van der Waals surface area contributed by atoms with Gasteiger partial charge in [-0.1, -0.05) is 12.1 Å². The Kier molecular flexibility index (Phi) is 8.63. The molecule has 6 nitrogen and oxygen atoms in total. The lowest BCUT2D eigenvalue weighted by molar-refractivity contribution is -0.140. The smallest absolute Gasteiger partial charge is 0.339 e. The molecule has 176 valence electrons. The van der Waals surface area contributed by atoms with Crippen LogP contribution in [-0.2, 0) is 14.3 Å². The van der Waals surface area contributed by atoms with Crippen LogP contribution in [0.5, 0.6) is 0 Å². The highest BCUT2D eigenvalue weighted by Gasteiger charge is 2.30. The minimum absolute atomic E-state index is 0.0983. The molecule has 4 atom stereocenters. The van der Waals surface area contributed by atoms with Crippen molar-refractivity contribution in [1.29, 1.82) is 0 Å². The highest BCUT2D eigenvalue weighted by Crippen LogP contribution is 2.28. The first-order valence-electron chi connectivity index (χ1n) is 11.8. The molecule has 2 aliphatic rings. The van der Waals surface area contributed by atoms with Gasteiger partial charge in [0.25, 0.3) is 5.91 Å². The molecule has 0 radical (unpaired) electrons. The third-order valence-electron chi connectivity index (χ3n) is 6.75. The van der Waals surface area contributed by atoms with Crippen molar-refractivity contribution in [2.75, 3.05) is 12.4 Å². The van der Waals surface area contributed by atoms with Crippen LogP contribution >= 0.6 is 11.8 Å². The van der Waals surface area contributed by atoms with Gasteiger partial charge in [0.05, 0.1) is 11.3 Å². The van der Waals surface area contributed by atoms with Gasteiger partial charge in [-0.25, -0.2) is 4.79 Å². The fourth-order valence-corrected chi connectivity index (χ4v) is 5.99. The van der Waals surface area contributed by atoms with E-state index in [0.29, 0.717) is 10.5 Å². The van der Waals surface area contributed by atoms with Crippen LogP contribution in [0, 0.1) is 0 Å². The van der Waals surface area contributed by atoms with E-state index in [9.17, 15) is 14.4 Å². The molecule has 0 aromatic heterocycles. The third-order valence-corrected chi connectivity index (χ3v) is 7.81. The number of benzene rings is 1. The highest BCUT2D eigenvalue weighted by molar-refractivity contribution is 8.00. The van der Waals surface area contributed by atoms with Crippen molar-refractivity contribution in [3.8, 4) is 0 Å². The first-order valence-corrected chi connectivity index (χ1v) is 12.8. The number of piperidine rings is 2. The summed E-state index contributed by atoms with van der Waals surface area (Å²) < 4.78 is 5.40. The van der Waals surface area contributed by atoms with Crippen molar-refractivity contribution in [3.05, 3.63) is 29.8 Å². The predicted molar refractivity (Wildman–Crippen MR) is 127 cm³/mol. The topological polar surface area (TPSA) is 66.9 Å². The Bertz CT molecular complexity index is 810. The summed E-state index contributed by atoms with van der Waals surface area (Å²) in [4.78, 5) is 42.8. The van der Waals surface area contributed by atoms with Gasteiger partial charge < -0.3 is 14.5 Å². The Morgan fingerprint density at radius 1 is 0.844 bits per heavy atom. The maximum absolute atomic E-state index is 12.9. The SMILES string of the molecule is C[C@@H]1CCC[C@H](C)N1C(=O)COC(=O)c1ccccc1SCC(=O)N1[C@H](C)CCC[C@@H]1C. The van der Waals surface area contributed by atoms with E-state index in [2.05, 4.69) is 13.8 Å². The van der Waals surface area contributed by atoms with Crippen LogP contribution in [0.3, 0.4) is 0 Å². The number of likely N-dealkylation sites (tertiary alicyclic amines) is 2. The molecule has 0 N–H and O–H groups in total. The number of hydrogen-bond donors (Lipinski definition) is 0. The van der Waals surface area contributed by atoms with Crippen LogP contribution < -0.4 is 0 Å². The molecule has 7 heteroatoms. The molecule has 2 aliphatic heterocycles. The lowest BCUT2D eigenvalue weighted by atomic mass is 9.97. The molecule has 32 heavy (non-hydrogen) atoms. The summed E-state index contributed by atoms with van der Waals surface area (Å²) in [5, 5.41) is 0. The van der Waals surface area contributed by atoms with E-state index in [1.807, 2.05) is 35.8 Å². The van der Waals surface area contributed by atoms with Crippen LogP contribution in [0.1, 0.15) is 76.6 Å². The number of rotatable bonds is 6. The monoisotopic (exact) mass is 460 g/mol. The van der Waals surface area contributed by atoms with Crippen molar-refractivity contribution in [2.45, 2.75) is 95.3 Å². The van der Waals surface area contributed by atoms with Gasteiger partial charge in [-0.2, -0.15) is 0 Å². The van der Waals surface area contributed by atoms with Gasteiger partial charge in [0.2, 0.25) is 5.91 Å². The minimum atomic E-state index is -0.522. The predicted octanol–water partition coefficient (Wildman–Crippen LogP) is 4.51. The molecule has 0 spiro atoms. The van der Waals surface area contributed by atoms with Crippen molar-refractivity contribution < 1.29 is 19.1 Å². The van der Waals surface area contributed by atoms with E-state index in [0.717, 1.165) is 38.5 Å². The third kappa shape index (κ3) is 5.85. The Morgan fingerprint density at radius 2 is 1.34 bits per heavy atom. The summed E-state index contributed by atoms with van der Waals surface area (Å²) in [6.07, 6.45) is 6.29. The zero-order valence-electron chi connectivity index (χ0n) is 19.7. The molecule has 2 amide bonds. The molecule has 0 bridgehead atoms. The number of esters is 1. The molecular formula is C25H36N2O4S. The van der Waals surface area contributed by atoms with Crippen LogP contribution in [0.15, 0.2) is 29.2 Å². The van der Waals surface area contributed by atoms with Crippen LogP contribution in [-0.4, -0.2) is 64.1 Å².